The number of nitrogens with one attached hydrogen (secondary N) is 1. The van der Waals surface area contributed by atoms with Crippen LogP contribution in [0.3, 0.4) is 0 Å². The zero-order chi connectivity index (χ0) is 20.6. The van der Waals surface area contributed by atoms with Gasteiger partial charge in [-0.15, -0.1) is 10.2 Å². The van der Waals surface area contributed by atoms with Gasteiger partial charge >= 0.3 is 6.18 Å². The first-order chi connectivity index (χ1) is 13.8. The molecule has 2 aliphatic rings. The Balaban J connectivity index is 1.44. The molecule has 1 aromatic carbocycles. The van der Waals surface area contributed by atoms with E-state index < -0.39 is 11.7 Å². The second-order valence-corrected chi connectivity index (χ2v) is 7.81. The number of rotatable bonds is 5. The number of benzene rings is 1. The van der Waals surface area contributed by atoms with Crippen LogP contribution in [0.15, 0.2) is 24.3 Å². The van der Waals surface area contributed by atoms with Crippen LogP contribution in [-0.4, -0.2) is 38.7 Å². The second kappa shape index (κ2) is 7.78. The van der Waals surface area contributed by atoms with Gasteiger partial charge in [0.15, 0.2) is 5.82 Å². The quantitative estimate of drug-likeness (QED) is 0.828. The molecule has 1 aliphatic carbocycles. The summed E-state index contributed by atoms with van der Waals surface area (Å²) in [6.07, 6.45) is -1.89. The summed E-state index contributed by atoms with van der Waals surface area (Å²) in [5.41, 5.74) is -0.302. The van der Waals surface area contributed by atoms with Crippen molar-refractivity contribution in [2.45, 2.75) is 51.5 Å². The second-order valence-electron chi connectivity index (χ2n) is 7.81. The summed E-state index contributed by atoms with van der Waals surface area (Å²) >= 11 is 0. The van der Waals surface area contributed by atoms with Crippen molar-refractivity contribution in [3.63, 3.8) is 0 Å². The number of nitrogens with zero attached hydrogens (tertiary/aromatic N) is 4. The van der Waals surface area contributed by atoms with E-state index in [4.69, 9.17) is 0 Å². The highest BCUT2D eigenvalue weighted by molar-refractivity contribution is 5.81. The van der Waals surface area contributed by atoms with Crippen molar-refractivity contribution in [2.24, 2.45) is 5.92 Å². The molecule has 0 saturated heterocycles. The standard InChI is InChI=1S/C20H24F3N5O/c1-13(24-19(29)14-6-7-14)18-26-25-17-8-9-27(10-11-28(17)18)12-15-4-2-3-5-16(15)20(21,22)23/h2-5,13-14H,6-12H2,1H3,(H,24,29). The molecule has 4 rings (SSSR count). The number of hydrogen-bond donors (Lipinski definition) is 1. The van der Waals surface area contributed by atoms with Gasteiger partial charge in [0.1, 0.15) is 5.82 Å². The molecule has 1 saturated carbocycles. The van der Waals surface area contributed by atoms with Crippen molar-refractivity contribution in [1.82, 2.24) is 25.0 Å². The number of amides is 1. The van der Waals surface area contributed by atoms with Crippen molar-refractivity contribution < 1.29 is 18.0 Å². The number of fused-ring (bicyclic) bond motifs is 1. The number of hydrogen-bond acceptors (Lipinski definition) is 4. The average Bonchev–Trinajstić information content (AvgIpc) is 3.47. The maximum absolute atomic E-state index is 13.3. The molecule has 1 aromatic heterocycles. The Bertz CT molecular complexity index is 890. The molecule has 1 unspecified atom stereocenters. The summed E-state index contributed by atoms with van der Waals surface area (Å²) in [5.74, 6) is 1.67. The first-order valence-corrected chi connectivity index (χ1v) is 9.92. The molecule has 1 aliphatic heterocycles. The normalized spacial score (nSPS) is 18.8. The molecule has 0 bridgehead atoms. The minimum absolute atomic E-state index is 0.0499. The monoisotopic (exact) mass is 407 g/mol. The summed E-state index contributed by atoms with van der Waals surface area (Å²) in [6.45, 7) is 3.90. The van der Waals surface area contributed by atoms with Crippen LogP contribution in [-0.2, 0) is 30.5 Å². The van der Waals surface area contributed by atoms with Crippen molar-refractivity contribution in [3.8, 4) is 0 Å². The molecule has 1 atom stereocenters. The predicted molar refractivity (Wildman–Crippen MR) is 99.7 cm³/mol. The zero-order valence-corrected chi connectivity index (χ0v) is 16.2. The van der Waals surface area contributed by atoms with Gasteiger partial charge in [-0.05, 0) is 31.4 Å². The number of carbonyl (C=O) groups is 1. The van der Waals surface area contributed by atoms with Gasteiger partial charge in [-0.3, -0.25) is 9.69 Å². The van der Waals surface area contributed by atoms with Crippen LogP contribution in [0.1, 0.15) is 48.6 Å². The molecular weight excluding hydrogens is 383 g/mol. The van der Waals surface area contributed by atoms with Crippen LogP contribution < -0.4 is 5.32 Å². The van der Waals surface area contributed by atoms with Gasteiger partial charge in [0, 0.05) is 38.5 Å². The third kappa shape index (κ3) is 4.44. The molecule has 9 heteroatoms. The highest BCUT2D eigenvalue weighted by Gasteiger charge is 2.34. The minimum atomic E-state index is -4.36. The van der Waals surface area contributed by atoms with E-state index in [1.165, 1.54) is 12.1 Å². The Kier molecular flexibility index (Phi) is 5.33. The third-order valence-electron chi connectivity index (χ3n) is 5.56. The van der Waals surface area contributed by atoms with Crippen LogP contribution in [0.2, 0.25) is 0 Å². The maximum Gasteiger partial charge on any atom is 0.416 e. The van der Waals surface area contributed by atoms with E-state index in [0.29, 0.717) is 31.9 Å². The van der Waals surface area contributed by atoms with Crippen molar-refractivity contribution in [1.29, 1.82) is 0 Å². The molecule has 0 spiro atoms. The van der Waals surface area contributed by atoms with Crippen LogP contribution in [0.4, 0.5) is 13.2 Å². The molecule has 2 heterocycles. The molecule has 156 valence electrons. The fraction of sp³-hybridized carbons (Fsp3) is 0.550. The third-order valence-corrected chi connectivity index (χ3v) is 5.56. The first kappa shape index (κ1) is 19.9. The van der Waals surface area contributed by atoms with E-state index in [9.17, 15) is 18.0 Å². The van der Waals surface area contributed by atoms with Crippen LogP contribution in [0, 0.1) is 5.92 Å². The molecule has 29 heavy (non-hydrogen) atoms. The SMILES string of the molecule is CC(NC(=O)C1CC1)c1nnc2n1CCN(Cc1ccccc1C(F)(F)F)CC2. The summed E-state index contributed by atoms with van der Waals surface area (Å²) in [5, 5.41) is 11.5. The van der Waals surface area contributed by atoms with Crippen molar-refractivity contribution >= 4 is 5.91 Å². The number of alkyl halides is 3. The van der Waals surface area contributed by atoms with Crippen molar-refractivity contribution in [2.75, 3.05) is 13.1 Å². The Morgan fingerprint density at radius 1 is 1.21 bits per heavy atom. The fourth-order valence-electron chi connectivity index (χ4n) is 3.78. The first-order valence-electron chi connectivity index (χ1n) is 9.92. The van der Waals surface area contributed by atoms with Crippen LogP contribution in [0.25, 0.3) is 0 Å². The molecular formula is C20H24F3N5O. The molecule has 1 fully saturated rings. The summed E-state index contributed by atoms with van der Waals surface area (Å²) < 4.78 is 41.8. The lowest BCUT2D eigenvalue weighted by molar-refractivity contribution is -0.138. The van der Waals surface area contributed by atoms with Gasteiger partial charge in [0.25, 0.3) is 0 Å². The van der Waals surface area contributed by atoms with E-state index in [2.05, 4.69) is 15.5 Å². The maximum atomic E-state index is 13.3. The zero-order valence-electron chi connectivity index (χ0n) is 16.2. The smallest absolute Gasteiger partial charge is 0.346 e. The van der Waals surface area contributed by atoms with Gasteiger partial charge in [0.2, 0.25) is 5.91 Å². The lowest BCUT2D eigenvalue weighted by Crippen LogP contribution is -2.31. The predicted octanol–water partition coefficient (Wildman–Crippen LogP) is 2.94. The molecule has 0 radical (unpaired) electrons. The van der Waals surface area contributed by atoms with Crippen molar-refractivity contribution in [3.05, 3.63) is 47.0 Å². The van der Waals surface area contributed by atoms with E-state index >= 15 is 0 Å². The van der Waals surface area contributed by atoms with Gasteiger partial charge in [-0.2, -0.15) is 13.2 Å². The highest BCUT2D eigenvalue weighted by Crippen LogP contribution is 2.33. The van der Waals surface area contributed by atoms with E-state index in [1.807, 2.05) is 16.4 Å². The number of aromatic nitrogens is 3. The molecule has 2 aromatic rings. The van der Waals surface area contributed by atoms with E-state index in [1.54, 1.807) is 6.07 Å². The number of carbonyl (C=O) groups excluding carboxylic acids is 1. The van der Waals surface area contributed by atoms with Crippen LogP contribution >= 0.6 is 0 Å². The highest BCUT2D eigenvalue weighted by atomic mass is 19.4. The van der Waals surface area contributed by atoms with Crippen LogP contribution in [0.5, 0.6) is 0 Å². The van der Waals surface area contributed by atoms with E-state index in [-0.39, 0.29) is 30.0 Å². The summed E-state index contributed by atoms with van der Waals surface area (Å²) in [7, 11) is 0. The van der Waals surface area contributed by atoms with Gasteiger partial charge in [-0.1, -0.05) is 18.2 Å². The Morgan fingerprint density at radius 3 is 2.69 bits per heavy atom. The van der Waals surface area contributed by atoms with Gasteiger partial charge < -0.3 is 9.88 Å². The topological polar surface area (TPSA) is 63.1 Å². The van der Waals surface area contributed by atoms with Gasteiger partial charge in [-0.25, -0.2) is 0 Å². The Labute approximate surface area is 167 Å². The van der Waals surface area contributed by atoms with E-state index in [0.717, 1.165) is 24.7 Å². The largest absolute Gasteiger partial charge is 0.416 e. The fourth-order valence-corrected chi connectivity index (χ4v) is 3.78. The summed E-state index contributed by atoms with van der Waals surface area (Å²) in [4.78, 5) is 14.1. The minimum Gasteiger partial charge on any atom is -0.346 e. The molecule has 6 nitrogen and oxygen atoms in total. The number of halogens is 3. The molecule has 1 N–H and O–H groups in total. The Hall–Kier alpha value is -2.42. The lowest BCUT2D eigenvalue weighted by Gasteiger charge is -2.22. The average molecular weight is 407 g/mol. The molecule has 1 amide bonds. The Morgan fingerprint density at radius 2 is 1.97 bits per heavy atom. The lowest BCUT2D eigenvalue weighted by atomic mass is 10.1. The van der Waals surface area contributed by atoms with Gasteiger partial charge in [0.05, 0.1) is 11.6 Å². The summed E-state index contributed by atoms with van der Waals surface area (Å²) in [6, 6.07) is 5.47.